The molecule has 5 heteroatoms. The van der Waals surface area contributed by atoms with Crippen molar-refractivity contribution in [3.63, 3.8) is 0 Å². The molecule has 0 saturated heterocycles. The number of sulfonamides is 1. The van der Waals surface area contributed by atoms with Crippen LogP contribution in [0.15, 0.2) is 60.7 Å². The number of nitrogens with one attached hydrogen (secondary N) is 1. The maximum Gasteiger partial charge on any atom is 0.229 e. The Balaban J connectivity index is 1.95. The van der Waals surface area contributed by atoms with Crippen molar-refractivity contribution in [1.82, 2.24) is 4.98 Å². The molecule has 0 spiro atoms. The number of rotatable bonds is 3. The molecular weight excluding hydrogens is 284 g/mol. The van der Waals surface area contributed by atoms with Gasteiger partial charge in [0, 0.05) is 16.6 Å². The normalized spacial score (nSPS) is 11.5. The number of hydrogen-bond donors (Lipinski definition) is 1. The molecule has 1 aromatic heterocycles. The van der Waals surface area contributed by atoms with Gasteiger partial charge in [-0.05, 0) is 24.3 Å². The standard InChI is InChI=1S/C16H14N2O2S/c1-21(19,20)18-14-9-6-13(7-10-14)16-11-8-12-4-2-3-5-15(12)17-16/h2-11,18H,1H3. The van der Waals surface area contributed by atoms with E-state index in [9.17, 15) is 8.42 Å². The fourth-order valence-corrected chi connectivity index (χ4v) is 2.71. The Kier molecular flexibility index (Phi) is 3.35. The van der Waals surface area contributed by atoms with Gasteiger partial charge in [-0.2, -0.15) is 0 Å². The van der Waals surface area contributed by atoms with Gasteiger partial charge in [0.05, 0.1) is 17.5 Å². The fourth-order valence-electron chi connectivity index (χ4n) is 2.15. The van der Waals surface area contributed by atoms with E-state index in [1.54, 1.807) is 12.1 Å². The predicted molar refractivity (Wildman–Crippen MR) is 85.6 cm³/mol. The SMILES string of the molecule is CS(=O)(=O)Nc1ccc(-c2ccc3ccccc3n2)cc1. The van der Waals surface area contributed by atoms with Gasteiger partial charge in [-0.15, -0.1) is 0 Å². The number of hydrogen-bond acceptors (Lipinski definition) is 3. The molecule has 0 amide bonds. The molecule has 2 aromatic carbocycles. The molecule has 0 unspecified atom stereocenters. The van der Waals surface area contributed by atoms with E-state index in [0.717, 1.165) is 28.4 Å². The Hall–Kier alpha value is -2.40. The molecule has 106 valence electrons. The summed E-state index contributed by atoms with van der Waals surface area (Å²) in [6.45, 7) is 0. The number of para-hydroxylation sites is 1. The molecule has 0 saturated carbocycles. The highest BCUT2D eigenvalue weighted by atomic mass is 32.2. The van der Waals surface area contributed by atoms with Gasteiger partial charge in [0.2, 0.25) is 10.0 Å². The summed E-state index contributed by atoms with van der Waals surface area (Å²) in [6.07, 6.45) is 1.13. The van der Waals surface area contributed by atoms with Crippen LogP contribution in [-0.2, 0) is 10.0 Å². The van der Waals surface area contributed by atoms with Crippen LogP contribution in [0.25, 0.3) is 22.2 Å². The lowest BCUT2D eigenvalue weighted by atomic mass is 10.1. The van der Waals surface area contributed by atoms with Gasteiger partial charge in [0.15, 0.2) is 0 Å². The molecule has 1 N–H and O–H groups in total. The molecule has 3 rings (SSSR count). The third-order valence-corrected chi connectivity index (χ3v) is 3.69. The second-order valence-electron chi connectivity index (χ2n) is 4.84. The molecule has 3 aromatic rings. The summed E-state index contributed by atoms with van der Waals surface area (Å²) >= 11 is 0. The minimum atomic E-state index is -3.25. The molecule has 21 heavy (non-hydrogen) atoms. The van der Waals surface area contributed by atoms with E-state index in [-0.39, 0.29) is 0 Å². The average molecular weight is 298 g/mol. The van der Waals surface area contributed by atoms with E-state index in [1.165, 1.54) is 0 Å². The summed E-state index contributed by atoms with van der Waals surface area (Å²) in [5.74, 6) is 0. The summed E-state index contributed by atoms with van der Waals surface area (Å²) in [6, 6.07) is 19.1. The Morgan fingerprint density at radius 2 is 1.62 bits per heavy atom. The van der Waals surface area contributed by atoms with Crippen LogP contribution < -0.4 is 4.72 Å². The predicted octanol–water partition coefficient (Wildman–Crippen LogP) is 3.27. The van der Waals surface area contributed by atoms with Gasteiger partial charge in [-0.3, -0.25) is 4.72 Å². The number of anilines is 1. The van der Waals surface area contributed by atoms with Crippen LogP contribution in [0.2, 0.25) is 0 Å². The zero-order chi connectivity index (χ0) is 14.9. The first-order valence-corrected chi connectivity index (χ1v) is 8.34. The molecule has 0 radical (unpaired) electrons. The van der Waals surface area contributed by atoms with Gasteiger partial charge >= 0.3 is 0 Å². The van der Waals surface area contributed by atoms with Gasteiger partial charge in [0.1, 0.15) is 0 Å². The topological polar surface area (TPSA) is 59.1 Å². The molecule has 0 bridgehead atoms. The van der Waals surface area contributed by atoms with Crippen molar-refractivity contribution in [3.8, 4) is 11.3 Å². The van der Waals surface area contributed by atoms with Gasteiger partial charge in [0.25, 0.3) is 0 Å². The van der Waals surface area contributed by atoms with Crippen LogP contribution in [0.1, 0.15) is 0 Å². The first kappa shape index (κ1) is 13.6. The molecule has 0 atom stereocenters. The summed E-state index contributed by atoms with van der Waals surface area (Å²) in [7, 11) is -3.25. The fraction of sp³-hybridized carbons (Fsp3) is 0.0625. The van der Waals surface area contributed by atoms with Crippen molar-refractivity contribution in [3.05, 3.63) is 60.7 Å². The summed E-state index contributed by atoms with van der Waals surface area (Å²) in [5, 5.41) is 1.09. The van der Waals surface area contributed by atoms with Crippen molar-refractivity contribution >= 4 is 26.6 Å². The van der Waals surface area contributed by atoms with Gasteiger partial charge < -0.3 is 0 Å². The van der Waals surface area contributed by atoms with Gasteiger partial charge in [-0.1, -0.05) is 36.4 Å². The number of aromatic nitrogens is 1. The zero-order valence-electron chi connectivity index (χ0n) is 11.4. The molecular formula is C16H14N2O2S. The van der Waals surface area contributed by atoms with Crippen LogP contribution in [-0.4, -0.2) is 19.7 Å². The van der Waals surface area contributed by atoms with Crippen LogP contribution in [0.3, 0.4) is 0 Å². The monoisotopic (exact) mass is 298 g/mol. The van der Waals surface area contributed by atoms with Crippen molar-refractivity contribution in [1.29, 1.82) is 0 Å². The van der Waals surface area contributed by atoms with Crippen LogP contribution in [0.4, 0.5) is 5.69 Å². The van der Waals surface area contributed by atoms with Crippen molar-refractivity contribution in [2.45, 2.75) is 0 Å². The van der Waals surface area contributed by atoms with Crippen LogP contribution in [0, 0.1) is 0 Å². The molecule has 0 aliphatic rings. The summed E-state index contributed by atoms with van der Waals surface area (Å²) < 4.78 is 24.8. The Labute approximate surface area is 123 Å². The second kappa shape index (κ2) is 5.18. The third-order valence-electron chi connectivity index (χ3n) is 3.08. The lowest BCUT2D eigenvalue weighted by molar-refractivity contribution is 0.607. The lowest BCUT2D eigenvalue weighted by Gasteiger charge is -2.06. The summed E-state index contributed by atoms with van der Waals surface area (Å²) in [5.41, 5.74) is 3.29. The molecule has 4 nitrogen and oxygen atoms in total. The lowest BCUT2D eigenvalue weighted by Crippen LogP contribution is -2.09. The molecule has 0 aliphatic heterocycles. The van der Waals surface area contributed by atoms with Crippen molar-refractivity contribution < 1.29 is 8.42 Å². The first-order chi connectivity index (χ1) is 10.0. The quantitative estimate of drug-likeness (QED) is 0.807. The molecule has 1 heterocycles. The third kappa shape index (κ3) is 3.20. The maximum absolute atomic E-state index is 11.2. The zero-order valence-corrected chi connectivity index (χ0v) is 12.3. The van der Waals surface area contributed by atoms with E-state index in [0.29, 0.717) is 5.69 Å². The van der Waals surface area contributed by atoms with Crippen molar-refractivity contribution in [2.24, 2.45) is 0 Å². The highest BCUT2D eigenvalue weighted by Crippen LogP contribution is 2.22. The Bertz CT molecular complexity index is 888. The Morgan fingerprint density at radius 1 is 0.905 bits per heavy atom. The minimum absolute atomic E-state index is 0.544. The smallest absolute Gasteiger partial charge is 0.229 e. The highest BCUT2D eigenvalue weighted by Gasteiger charge is 2.04. The Morgan fingerprint density at radius 3 is 2.33 bits per heavy atom. The van der Waals surface area contributed by atoms with E-state index < -0.39 is 10.0 Å². The molecule has 0 aliphatic carbocycles. The van der Waals surface area contributed by atoms with E-state index in [2.05, 4.69) is 9.71 Å². The van der Waals surface area contributed by atoms with E-state index >= 15 is 0 Å². The van der Waals surface area contributed by atoms with Gasteiger partial charge in [-0.25, -0.2) is 13.4 Å². The maximum atomic E-state index is 11.2. The number of fused-ring (bicyclic) bond motifs is 1. The average Bonchev–Trinajstić information content (AvgIpc) is 2.46. The first-order valence-electron chi connectivity index (χ1n) is 6.45. The van der Waals surface area contributed by atoms with Crippen LogP contribution in [0.5, 0.6) is 0 Å². The van der Waals surface area contributed by atoms with Crippen LogP contribution >= 0.6 is 0 Å². The number of benzene rings is 2. The highest BCUT2D eigenvalue weighted by molar-refractivity contribution is 7.92. The largest absolute Gasteiger partial charge is 0.284 e. The van der Waals surface area contributed by atoms with E-state index in [4.69, 9.17) is 0 Å². The summed E-state index contributed by atoms with van der Waals surface area (Å²) in [4.78, 5) is 4.61. The number of pyridine rings is 1. The van der Waals surface area contributed by atoms with E-state index in [1.807, 2.05) is 48.5 Å². The van der Waals surface area contributed by atoms with Crippen molar-refractivity contribution in [2.75, 3.05) is 11.0 Å². The number of nitrogens with zero attached hydrogens (tertiary/aromatic N) is 1. The second-order valence-corrected chi connectivity index (χ2v) is 6.59. The minimum Gasteiger partial charge on any atom is -0.284 e. The molecule has 0 fully saturated rings.